The standard InChI is InChI=1S/C12H22N2O4/c1-11(2,3)18-10(16)14-8-5-12(13,6-8)7-9(15)17-4/h8H,5-7,13H2,1-4H3,(H,14,16). The Balaban J connectivity index is 2.30. The van der Waals surface area contributed by atoms with Crippen LogP contribution >= 0.6 is 0 Å². The fraction of sp³-hybridized carbons (Fsp3) is 0.833. The van der Waals surface area contributed by atoms with E-state index in [0.717, 1.165) is 0 Å². The summed E-state index contributed by atoms with van der Waals surface area (Å²) in [7, 11) is 1.33. The molecule has 6 nitrogen and oxygen atoms in total. The smallest absolute Gasteiger partial charge is 0.407 e. The van der Waals surface area contributed by atoms with Gasteiger partial charge in [-0.25, -0.2) is 4.79 Å². The number of carbonyl (C=O) groups excluding carboxylic acids is 2. The molecule has 0 radical (unpaired) electrons. The Hall–Kier alpha value is -1.30. The lowest BCUT2D eigenvalue weighted by atomic mass is 9.71. The number of alkyl carbamates (subject to hydrolysis) is 1. The van der Waals surface area contributed by atoms with Crippen LogP contribution < -0.4 is 11.1 Å². The van der Waals surface area contributed by atoms with Crippen LogP contribution in [0, 0.1) is 0 Å². The van der Waals surface area contributed by atoms with E-state index in [-0.39, 0.29) is 18.4 Å². The molecule has 0 spiro atoms. The van der Waals surface area contributed by atoms with Gasteiger partial charge < -0.3 is 20.5 Å². The van der Waals surface area contributed by atoms with Crippen LogP contribution in [0.4, 0.5) is 4.79 Å². The second kappa shape index (κ2) is 5.14. The first-order valence-electron chi connectivity index (χ1n) is 5.99. The summed E-state index contributed by atoms with van der Waals surface area (Å²) >= 11 is 0. The molecule has 0 unspecified atom stereocenters. The average molecular weight is 258 g/mol. The van der Waals surface area contributed by atoms with Crippen molar-refractivity contribution in [2.24, 2.45) is 5.73 Å². The summed E-state index contributed by atoms with van der Waals surface area (Å²) in [6.45, 7) is 5.41. The minimum Gasteiger partial charge on any atom is -0.469 e. The summed E-state index contributed by atoms with van der Waals surface area (Å²) in [6, 6.07) is -0.0329. The van der Waals surface area contributed by atoms with Gasteiger partial charge in [0.25, 0.3) is 0 Å². The van der Waals surface area contributed by atoms with Gasteiger partial charge in [0.15, 0.2) is 0 Å². The van der Waals surface area contributed by atoms with Crippen LogP contribution in [-0.4, -0.2) is 36.4 Å². The lowest BCUT2D eigenvalue weighted by Crippen LogP contribution is -2.61. The van der Waals surface area contributed by atoms with Crippen LogP contribution in [-0.2, 0) is 14.3 Å². The van der Waals surface area contributed by atoms with E-state index in [1.54, 1.807) is 20.8 Å². The molecule has 18 heavy (non-hydrogen) atoms. The van der Waals surface area contributed by atoms with Gasteiger partial charge in [0.2, 0.25) is 0 Å². The molecule has 0 saturated heterocycles. The van der Waals surface area contributed by atoms with Gasteiger partial charge in [-0.2, -0.15) is 0 Å². The van der Waals surface area contributed by atoms with Gasteiger partial charge in [-0.3, -0.25) is 4.79 Å². The first-order chi connectivity index (χ1) is 8.13. The third-order valence-electron chi connectivity index (χ3n) is 2.75. The van der Waals surface area contributed by atoms with Gasteiger partial charge >= 0.3 is 12.1 Å². The van der Waals surface area contributed by atoms with Crippen LogP contribution in [0.5, 0.6) is 0 Å². The van der Waals surface area contributed by atoms with Crippen LogP contribution in [0.2, 0.25) is 0 Å². The quantitative estimate of drug-likeness (QED) is 0.735. The van der Waals surface area contributed by atoms with Gasteiger partial charge in [-0.1, -0.05) is 0 Å². The number of methoxy groups -OCH3 is 1. The average Bonchev–Trinajstić information content (AvgIpc) is 2.11. The van der Waals surface area contributed by atoms with Crippen molar-refractivity contribution in [3.63, 3.8) is 0 Å². The predicted molar refractivity (Wildman–Crippen MR) is 65.9 cm³/mol. The maximum absolute atomic E-state index is 11.5. The van der Waals surface area contributed by atoms with Crippen molar-refractivity contribution in [2.75, 3.05) is 7.11 Å². The summed E-state index contributed by atoms with van der Waals surface area (Å²) in [4.78, 5) is 22.6. The second-order valence-electron chi connectivity index (χ2n) is 5.87. The van der Waals surface area contributed by atoms with Crippen molar-refractivity contribution in [3.8, 4) is 0 Å². The Bertz CT molecular complexity index is 329. The van der Waals surface area contributed by atoms with Gasteiger partial charge in [-0.15, -0.1) is 0 Å². The van der Waals surface area contributed by atoms with E-state index in [1.807, 2.05) is 0 Å². The van der Waals surface area contributed by atoms with Crippen LogP contribution in [0.25, 0.3) is 0 Å². The van der Waals surface area contributed by atoms with Crippen molar-refractivity contribution >= 4 is 12.1 Å². The number of esters is 1. The Kier molecular flexibility index (Phi) is 4.21. The van der Waals surface area contributed by atoms with Crippen LogP contribution in [0.15, 0.2) is 0 Å². The zero-order valence-electron chi connectivity index (χ0n) is 11.4. The number of rotatable bonds is 3. The molecule has 0 heterocycles. The highest BCUT2D eigenvalue weighted by molar-refractivity contribution is 5.71. The van der Waals surface area contributed by atoms with E-state index < -0.39 is 17.2 Å². The third kappa shape index (κ3) is 4.52. The second-order valence-corrected chi connectivity index (χ2v) is 5.87. The highest BCUT2D eigenvalue weighted by atomic mass is 16.6. The molecular formula is C12H22N2O4. The van der Waals surface area contributed by atoms with E-state index in [0.29, 0.717) is 12.8 Å². The molecule has 1 saturated carbocycles. The number of ether oxygens (including phenoxy) is 2. The van der Waals surface area contributed by atoms with Crippen molar-refractivity contribution < 1.29 is 19.1 Å². The fourth-order valence-corrected chi connectivity index (χ4v) is 2.00. The van der Waals surface area contributed by atoms with E-state index in [1.165, 1.54) is 7.11 Å². The normalized spacial score (nSPS) is 27.1. The summed E-state index contributed by atoms with van der Waals surface area (Å²) in [5.41, 5.74) is 4.90. The zero-order chi connectivity index (χ0) is 14.0. The minimum absolute atomic E-state index is 0.0329. The van der Waals surface area contributed by atoms with Crippen LogP contribution in [0.3, 0.4) is 0 Å². The summed E-state index contributed by atoms with van der Waals surface area (Å²) in [6.07, 6.45) is 0.839. The molecule has 3 N–H and O–H groups in total. The van der Waals surface area contributed by atoms with E-state index in [2.05, 4.69) is 10.1 Å². The highest BCUT2D eigenvalue weighted by Gasteiger charge is 2.43. The first-order valence-corrected chi connectivity index (χ1v) is 5.99. The van der Waals surface area contributed by atoms with Crippen molar-refractivity contribution in [3.05, 3.63) is 0 Å². The van der Waals surface area contributed by atoms with Gasteiger partial charge in [0.1, 0.15) is 5.60 Å². The molecule has 0 aliphatic heterocycles. The minimum atomic E-state index is -0.563. The fourth-order valence-electron chi connectivity index (χ4n) is 2.00. The Labute approximate surface area is 107 Å². The molecule has 6 heteroatoms. The summed E-state index contributed by atoms with van der Waals surface area (Å²) in [5.74, 6) is -0.326. The number of nitrogens with one attached hydrogen (secondary N) is 1. The molecule has 104 valence electrons. The number of hydrogen-bond donors (Lipinski definition) is 2. The SMILES string of the molecule is COC(=O)CC1(N)CC(NC(=O)OC(C)(C)C)C1. The molecule has 1 aliphatic rings. The molecule has 0 aromatic heterocycles. The molecule has 0 aromatic carbocycles. The topological polar surface area (TPSA) is 90.6 Å². The van der Waals surface area contributed by atoms with E-state index >= 15 is 0 Å². The van der Waals surface area contributed by atoms with E-state index in [4.69, 9.17) is 10.5 Å². The van der Waals surface area contributed by atoms with Crippen molar-refractivity contribution in [1.82, 2.24) is 5.32 Å². The predicted octanol–water partition coefficient (Wildman–Crippen LogP) is 0.934. The Morgan fingerprint density at radius 3 is 2.39 bits per heavy atom. The Morgan fingerprint density at radius 1 is 1.39 bits per heavy atom. The molecule has 0 atom stereocenters. The Morgan fingerprint density at radius 2 is 1.94 bits per heavy atom. The lowest BCUT2D eigenvalue weighted by Gasteiger charge is -2.44. The molecule has 0 aromatic rings. The highest BCUT2D eigenvalue weighted by Crippen LogP contribution is 2.33. The van der Waals surface area contributed by atoms with Crippen molar-refractivity contribution in [2.45, 2.75) is 57.2 Å². The molecule has 1 aliphatic carbocycles. The van der Waals surface area contributed by atoms with Gasteiger partial charge in [0.05, 0.1) is 13.5 Å². The number of nitrogens with two attached hydrogens (primary N) is 1. The third-order valence-corrected chi connectivity index (χ3v) is 2.75. The zero-order valence-corrected chi connectivity index (χ0v) is 11.4. The largest absolute Gasteiger partial charge is 0.469 e. The molecule has 1 fully saturated rings. The number of carbonyl (C=O) groups is 2. The van der Waals surface area contributed by atoms with Crippen LogP contribution in [0.1, 0.15) is 40.0 Å². The summed E-state index contributed by atoms with van der Waals surface area (Å²) in [5, 5.41) is 2.73. The molecule has 0 bridgehead atoms. The lowest BCUT2D eigenvalue weighted by molar-refractivity contribution is -0.143. The summed E-state index contributed by atoms with van der Waals surface area (Å²) < 4.78 is 9.71. The first kappa shape index (κ1) is 14.8. The maximum atomic E-state index is 11.5. The number of amides is 1. The molecular weight excluding hydrogens is 236 g/mol. The molecule has 1 amide bonds. The van der Waals surface area contributed by atoms with Gasteiger partial charge in [-0.05, 0) is 33.6 Å². The van der Waals surface area contributed by atoms with E-state index in [9.17, 15) is 9.59 Å². The number of hydrogen-bond acceptors (Lipinski definition) is 5. The monoisotopic (exact) mass is 258 g/mol. The van der Waals surface area contributed by atoms with Crippen molar-refractivity contribution in [1.29, 1.82) is 0 Å². The van der Waals surface area contributed by atoms with Gasteiger partial charge in [0, 0.05) is 11.6 Å². The maximum Gasteiger partial charge on any atom is 0.407 e. The molecule has 1 rings (SSSR count).